The molecule has 1 amide bonds. The van der Waals surface area contributed by atoms with Crippen molar-refractivity contribution in [3.63, 3.8) is 0 Å². The van der Waals surface area contributed by atoms with Gasteiger partial charge < -0.3 is 5.32 Å². The number of halogens is 1. The summed E-state index contributed by atoms with van der Waals surface area (Å²) < 4.78 is 0. The highest BCUT2D eigenvalue weighted by atomic mass is 35.5. The highest BCUT2D eigenvalue weighted by Crippen LogP contribution is 2.00. The van der Waals surface area contributed by atoms with Crippen LogP contribution in [0, 0.1) is 0 Å². The van der Waals surface area contributed by atoms with E-state index in [0.717, 1.165) is 18.6 Å². The van der Waals surface area contributed by atoms with Crippen LogP contribution >= 0.6 is 23.4 Å². The lowest BCUT2D eigenvalue weighted by atomic mass is 10.2. The van der Waals surface area contributed by atoms with E-state index in [1.54, 1.807) is 11.8 Å². The second-order valence-electron chi connectivity index (χ2n) is 3.04. The van der Waals surface area contributed by atoms with Crippen LogP contribution in [0.1, 0.15) is 26.2 Å². The standard InChI is InChI=1S/C9H18ClNOS/c1-8(4-3-6-10)11-9(12)5-7-13-2/h8H,3-7H2,1-2H3,(H,11,12). The van der Waals surface area contributed by atoms with Crippen LogP contribution in [0.3, 0.4) is 0 Å². The Kier molecular flexibility index (Phi) is 8.77. The number of carbonyl (C=O) groups excluding carboxylic acids is 1. The minimum Gasteiger partial charge on any atom is -0.354 e. The Morgan fingerprint density at radius 1 is 1.62 bits per heavy atom. The zero-order chi connectivity index (χ0) is 10.1. The van der Waals surface area contributed by atoms with Gasteiger partial charge in [-0.05, 0) is 26.0 Å². The van der Waals surface area contributed by atoms with Gasteiger partial charge in [-0.1, -0.05) is 0 Å². The molecule has 0 aliphatic heterocycles. The van der Waals surface area contributed by atoms with Crippen LogP contribution in [0.15, 0.2) is 0 Å². The Morgan fingerprint density at radius 3 is 2.85 bits per heavy atom. The summed E-state index contributed by atoms with van der Waals surface area (Å²) in [7, 11) is 0. The number of amides is 1. The second kappa shape index (κ2) is 8.70. The van der Waals surface area contributed by atoms with Crippen molar-refractivity contribution in [1.82, 2.24) is 5.32 Å². The van der Waals surface area contributed by atoms with Crippen molar-refractivity contribution in [2.75, 3.05) is 17.9 Å². The zero-order valence-electron chi connectivity index (χ0n) is 8.31. The first-order valence-electron chi connectivity index (χ1n) is 4.55. The van der Waals surface area contributed by atoms with Crippen LogP contribution in [0.4, 0.5) is 0 Å². The number of hydrogen-bond donors (Lipinski definition) is 1. The van der Waals surface area contributed by atoms with Crippen molar-refractivity contribution in [2.45, 2.75) is 32.2 Å². The first-order chi connectivity index (χ1) is 6.20. The molecular weight excluding hydrogens is 206 g/mol. The molecule has 0 aromatic rings. The second-order valence-corrected chi connectivity index (χ2v) is 4.41. The summed E-state index contributed by atoms with van der Waals surface area (Å²) in [5.74, 6) is 1.72. The molecule has 13 heavy (non-hydrogen) atoms. The van der Waals surface area contributed by atoms with Crippen molar-refractivity contribution in [3.8, 4) is 0 Å². The van der Waals surface area contributed by atoms with Gasteiger partial charge in [-0.15, -0.1) is 11.6 Å². The van der Waals surface area contributed by atoms with Crippen molar-refractivity contribution < 1.29 is 4.79 Å². The maximum Gasteiger partial charge on any atom is 0.221 e. The lowest BCUT2D eigenvalue weighted by molar-refractivity contribution is -0.121. The molecule has 0 aliphatic carbocycles. The van der Waals surface area contributed by atoms with E-state index in [4.69, 9.17) is 11.6 Å². The molecule has 0 bridgehead atoms. The molecule has 1 atom stereocenters. The van der Waals surface area contributed by atoms with Gasteiger partial charge in [0.15, 0.2) is 0 Å². The fraction of sp³-hybridized carbons (Fsp3) is 0.889. The predicted octanol–water partition coefficient (Wildman–Crippen LogP) is 2.26. The molecule has 0 aromatic heterocycles. The highest BCUT2D eigenvalue weighted by Gasteiger charge is 2.05. The number of carbonyl (C=O) groups is 1. The van der Waals surface area contributed by atoms with Crippen molar-refractivity contribution >= 4 is 29.3 Å². The molecule has 0 aromatic carbocycles. The van der Waals surface area contributed by atoms with Gasteiger partial charge in [-0.2, -0.15) is 11.8 Å². The van der Waals surface area contributed by atoms with E-state index >= 15 is 0 Å². The van der Waals surface area contributed by atoms with Gasteiger partial charge >= 0.3 is 0 Å². The molecular formula is C9H18ClNOS. The summed E-state index contributed by atoms with van der Waals surface area (Å²) in [5, 5.41) is 2.94. The summed E-state index contributed by atoms with van der Waals surface area (Å²) in [6, 6.07) is 0.258. The largest absolute Gasteiger partial charge is 0.354 e. The third kappa shape index (κ3) is 8.44. The SMILES string of the molecule is CSCCC(=O)NC(C)CCCCl. The Hall–Kier alpha value is 0.110. The Morgan fingerprint density at radius 2 is 2.31 bits per heavy atom. The summed E-state index contributed by atoms with van der Waals surface area (Å²) in [6.07, 6.45) is 4.55. The number of alkyl halides is 1. The molecule has 0 heterocycles. The van der Waals surface area contributed by atoms with E-state index in [1.807, 2.05) is 13.2 Å². The molecule has 0 aliphatic rings. The fourth-order valence-corrected chi connectivity index (χ4v) is 1.54. The van der Waals surface area contributed by atoms with Crippen LogP contribution in [0.25, 0.3) is 0 Å². The van der Waals surface area contributed by atoms with Gasteiger partial charge in [0.2, 0.25) is 5.91 Å². The maximum absolute atomic E-state index is 11.2. The van der Waals surface area contributed by atoms with Gasteiger partial charge in [0.25, 0.3) is 0 Å². The average molecular weight is 224 g/mol. The number of thioether (sulfide) groups is 1. The quantitative estimate of drug-likeness (QED) is 0.671. The molecule has 78 valence electrons. The molecule has 0 fully saturated rings. The van der Waals surface area contributed by atoms with Gasteiger partial charge in [-0.3, -0.25) is 4.79 Å². The van der Waals surface area contributed by atoms with Crippen molar-refractivity contribution in [1.29, 1.82) is 0 Å². The minimum atomic E-state index is 0.149. The van der Waals surface area contributed by atoms with E-state index < -0.39 is 0 Å². The van der Waals surface area contributed by atoms with Crippen molar-refractivity contribution in [2.24, 2.45) is 0 Å². The summed E-state index contributed by atoms with van der Waals surface area (Å²) in [5.41, 5.74) is 0. The summed E-state index contributed by atoms with van der Waals surface area (Å²) in [6.45, 7) is 2.02. The van der Waals surface area contributed by atoms with Crippen LogP contribution in [0.2, 0.25) is 0 Å². The van der Waals surface area contributed by atoms with Crippen LogP contribution < -0.4 is 5.32 Å². The van der Waals surface area contributed by atoms with E-state index in [9.17, 15) is 4.79 Å². The Balaban J connectivity index is 3.41. The first-order valence-corrected chi connectivity index (χ1v) is 6.47. The Bertz CT molecular complexity index is 144. The lowest BCUT2D eigenvalue weighted by Gasteiger charge is -2.12. The lowest BCUT2D eigenvalue weighted by Crippen LogP contribution is -2.32. The third-order valence-corrected chi connectivity index (χ3v) is 2.59. The third-order valence-electron chi connectivity index (χ3n) is 1.71. The van der Waals surface area contributed by atoms with Crippen LogP contribution in [-0.4, -0.2) is 29.8 Å². The predicted molar refractivity (Wildman–Crippen MR) is 60.6 cm³/mol. The molecule has 0 spiro atoms. The molecule has 0 radical (unpaired) electrons. The first kappa shape index (κ1) is 13.1. The molecule has 1 unspecified atom stereocenters. The normalized spacial score (nSPS) is 12.5. The van der Waals surface area contributed by atoms with Gasteiger partial charge in [0.1, 0.15) is 0 Å². The number of rotatable bonds is 7. The average Bonchev–Trinajstić information content (AvgIpc) is 2.11. The van der Waals surface area contributed by atoms with Gasteiger partial charge in [-0.25, -0.2) is 0 Å². The molecule has 4 heteroatoms. The molecule has 2 nitrogen and oxygen atoms in total. The van der Waals surface area contributed by atoms with E-state index in [0.29, 0.717) is 12.3 Å². The van der Waals surface area contributed by atoms with Crippen LogP contribution in [0.5, 0.6) is 0 Å². The number of nitrogens with one attached hydrogen (secondary N) is 1. The van der Waals surface area contributed by atoms with E-state index in [2.05, 4.69) is 5.32 Å². The number of hydrogen-bond acceptors (Lipinski definition) is 2. The summed E-state index contributed by atoms with van der Waals surface area (Å²) in [4.78, 5) is 11.2. The molecule has 0 rings (SSSR count). The molecule has 0 saturated carbocycles. The van der Waals surface area contributed by atoms with Gasteiger partial charge in [0.05, 0.1) is 0 Å². The Labute approximate surface area is 89.8 Å². The monoisotopic (exact) mass is 223 g/mol. The molecule has 0 saturated heterocycles. The van der Waals surface area contributed by atoms with E-state index in [-0.39, 0.29) is 11.9 Å². The van der Waals surface area contributed by atoms with Crippen LogP contribution in [-0.2, 0) is 4.79 Å². The minimum absolute atomic E-state index is 0.149. The fourth-order valence-electron chi connectivity index (χ4n) is 0.997. The topological polar surface area (TPSA) is 29.1 Å². The smallest absolute Gasteiger partial charge is 0.221 e. The molecule has 1 N–H and O–H groups in total. The zero-order valence-corrected chi connectivity index (χ0v) is 9.88. The summed E-state index contributed by atoms with van der Waals surface area (Å²) >= 11 is 7.24. The van der Waals surface area contributed by atoms with E-state index in [1.165, 1.54) is 0 Å². The highest BCUT2D eigenvalue weighted by molar-refractivity contribution is 7.98. The maximum atomic E-state index is 11.2. The van der Waals surface area contributed by atoms with Crippen molar-refractivity contribution in [3.05, 3.63) is 0 Å². The van der Waals surface area contributed by atoms with Gasteiger partial charge in [0, 0.05) is 24.1 Å².